The van der Waals surface area contributed by atoms with E-state index in [4.69, 9.17) is 13.9 Å². The molecule has 0 amide bonds. The lowest BCUT2D eigenvalue weighted by molar-refractivity contribution is -0.134. The molecule has 0 fully saturated rings. The summed E-state index contributed by atoms with van der Waals surface area (Å²) >= 11 is 0. The predicted molar refractivity (Wildman–Crippen MR) is 74.5 cm³/mol. The van der Waals surface area contributed by atoms with Crippen molar-refractivity contribution < 1.29 is 23.5 Å². The summed E-state index contributed by atoms with van der Waals surface area (Å²) in [4.78, 5) is 34.0. The fraction of sp³-hybridized carbons (Fsp3) is 0.267. The quantitative estimate of drug-likeness (QED) is 0.489. The van der Waals surface area contributed by atoms with E-state index in [1.165, 1.54) is 26.0 Å². The average Bonchev–Trinajstić information content (AvgIpc) is 2.39. The van der Waals surface area contributed by atoms with Crippen LogP contribution in [-0.4, -0.2) is 11.9 Å². The summed E-state index contributed by atoms with van der Waals surface area (Å²) in [5, 5.41) is 0.629. The van der Waals surface area contributed by atoms with Crippen LogP contribution in [0, 0.1) is 0 Å². The Balaban J connectivity index is 2.79. The molecule has 0 atom stereocenters. The van der Waals surface area contributed by atoms with Gasteiger partial charge in [-0.15, -0.1) is 0 Å². The fourth-order valence-electron chi connectivity index (χ4n) is 2.02. The summed E-state index contributed by atoms with van der Waals surface area (Å²) in [7, 11) is 0. The van der Waals surface area contributed by atoms with Gasteiger partial charge in [0, 0.05) is 25.3 Å². The highest BCUT2D eigenvalue weighted by atomic mass is 16.6. The Bertz CT molecular complexity index is 772. The summed E-state index contributed by atoms with van der Waals surface area (Å²) in [6.45, 7) is 4.32. The van der Waals surface area contributed by atoms with Crippen molar-refractivity contribution in [3.8, 4) is 11.5 Å². The first kappa shape index (κ1) is 14.8. The van der Waals surface area contributed by atoms with Crippen molar-refractivity contribution in [1.82, 2.24) is 0 Å². The second kappa shape index (κ2) is 5.78. The summed E-state index contributed by atoms with van der Waals surface area (Å²) in [5.41, 5.74) is 0.282. The maximum Gasteiger partial charge on any atom is 0.336 e. The Labute approximate surface area is 120 Å². The monoisotopic (exact) mass is 290 g/mol. The number of carbonyl (C=O) groups excluding carboxylic acids is 2. The van der Waals surface area contributed by atoms with Gasteiger partial charge in [0.1, 0.15) is 0 Å². The summed E-state index contributed by atoms with van der Waals surface area (Å²) in [6, 6.07) is 4.54. The number of aryl methyl sites for hydroxylation is 1. The fourth-order valence-corrected chi connectivity index (χ4v) is 2.02. The topological polar surface area (TPSA) is 82.8 Å². The van der Waals surface area contributed by atoms with Gasteiger partial charge in [-0.1, -0.05) is 6.92 Å². The standard InChI is InChI=1S/C15H14O6/c1-4-10-7-13(18)21-14-11(10)5-6-12(19-8(2)16)15(14)20-9(3)17/h5-7H,4H2,1-3H3. The van der Waals surface area contributed by atoms with E-state index in [9.17, 15) is 14.4 Å². The van der Waals surface area contributed by atoms with E-state index in [2.05, 4.69) is 0 Å². The lowest BCUT2D eigenvalue weighted by atomic mass is 10.1. The molecule has 0 aliphatic carbocycles. The SMILES string of the molecule is CCc1cc(=O)oc2c(OC(C)=O)c(OC(C)=O)ccc12. The van der Waals surface area contributed by atoms with Gasteiger partial charge in [-0.05, 0) is 24.1 Å². The normalized spacial score (nSPS) is 10.4. The highest BCUT2D eigenvalue weighted by molar-refractivity contribution is 5.91. The molecule has 0 saturated heterocycles. The molecule has 110 valence electrons. The molecule has 0 unspecified atom stereocenters. The lowest BCUT2D eigenvalue weighted by Gasteiger charge is -2.11. The van der Waals surface area contributed by atoms with Gasteiger partial charge in [-0.2, -0.15) is 0 Å². The van der Waals surface area contributed by atoms with Crippen LogP contribution >= 0.6 is 0 Å². The first-order valence-corrected chi connectivity index (χ1v) is 6.39. The van der Waals surface area contributed by atoms with Crippen molar-refractivity contribution >= 4 is 22.9 Å². The zero-order valence-corrected chi connectivity index (χ0v) is 11.9. The average molecular weight is 290 g/mol. The third-order valence-electron chi connectivity index (χ3n) is 2.80. The van der Waals surface area contributed by atoms with E-state index in [0.717, 1.165) is 5.56 Å². The molecule has 0 radical (unpaired) electrons. The van der Waals surface area contributed by atoms with Crippen molar-refractivity contribution in [1.29, 1.82) is 0 Å². The molecule has 2 aromatic rings. The van der Waals surface area contributed by atoms with Gasteiger partial charge in [0.25, 0.3) is 0 Å². The Morgan fingerprint density at radius 1 is 1.14 bits per heavy atom. The summed E-state index contributed by atoms with van der Waals surface area (Å²) < 4.78 is 15.2. The van der Waals surface area contributed by atoms with Gasteiger partial charge in [0.15, 0.2) is 11.3 Å². The molecular formula is C15H14O6. The third kappa shape index (κ3) is 3.10. The summed E-state index contributed by atoms with van der Waals surface area (Å²) in [5.74, 6) is -1.22. The number of rotatable bonds is 3. The molecule has 1 aromatic heterocycles. The second-order valence-corrected chi connectivity index (χ2v) is 4.40. The predicted octanol–water partition coefficient (Wildman–Crippen LogP) is 2.21. The van der Waals surface area contributed by atoms with Gasteiger partial charge in [-0.25, -0.2) is 4.79 Å². The van der Waals surface area contributed by atoms with Gasteiger partial charge in [0.05, 0.1) is 0 Å². The number of hydrogen-bond acceptors (Lipinski definition) is 6. The van der Waals surface area contributed by atoms with Crippen LogP contribution in [0.2, 0.25) is 0 Å². The number of ether oxygens (including phenoxy) is 2. The van der Waals surface area contributed by atoms with Gasteiger partial charge >= 0.3 is 17.6 Å². The Hall–Kier alpha value is -2.63. The van der Waals surface area contributed by atoms with Gasteiger partial charge < -0.3 is 13.9 Å². The zero-order chi connectivity index (χ0) is 15.6. The van der Waals surface area contributed by atoms with Gasteiger partial charge in [0.2, 0.25) is 5.75 Å². The minimum absolute atomic E-state index is 0.0293. The van der Waals surface area contributed by atoms with Crippen molar-refractivity contribution in [2.45, 2.75) is 27.2 Å². The highest BCUT2D eigenvalue weighted by Crippen LogP contribution is 2.36. The molecule has 6 heteroatoms. The maximum absolute atomic E-state index is 11.6. The molecule has 2 rings (SSSR count). The summed E-state index contributed by atoms with van der Waals surface area (Å²) in [6.07, 6.45) is 0.606. The lowest BCUT2D eigenvalue weighted by Crippen LogP contribution is -2.09. The van der Waals surface area contributed by atoms with Crippen LogP contribution in [0.5, 0.6) is 11.5 Å². The van der Waals surface area contributed by atoms with E-state index in [1.54, 1.807) is 6.07 Å². The van der Waals surface area contributed by atoms with Crippen LogP contribution < -0.4 is 15.1 Å². The number of carbonyl (C=O) groups is 2. The van der Waals surface area contributed by atoms with Crippen LogP contribution in [0.3, 0.4) is 0 Å². The molecule has 0 saturated carbocycles. The number of fused-ring (bicyclic) bond motifs is 1. The van der Waals surface area contributed by atoms with Crippen molar-refractivity contribution in [2.24, 2.45) is 0 Å². The maximum atomic E-state index is 11.6. The second-order valence-electron chi connectivity index (χ2n) is 4.40. The number of hydrogen-bond donors (Lipinski definition) is 0. The third-order valence-corrected chi connectivity index (χ3v) is 2.80. The highest BCUT2D eigenvalue weighted by Gasteiger charge is 2.18. The van der Waals surface area contributed by atoms with Crippen LogP contribution in [0.4, 0.5) is 0 Å². The Morgan fingerprint density at radius 3 is 2.38 bits per heavy atom. The van der Waals surface area contributed by atoms with E-state index < -0.39 is 17.6 Å². The zero-order valence-electron chi connectivity index (χ0n) is 11.9. The van der Waals surface area contributed by atoms with Crippen LogP contribution in [0.15, 0.2) is 27.4 Å². The van der Waals surface area contributed by atoms with Gasteiger partial charge in [-0.3, -0.25) is 9.59 Å². The molecule has 0 aliphatic heterocycles. The molecule has 0 aliphatic rings. The number of benzene rings is 1. The minimum atomic E-state index is -0.611. The molecule has 0 N–H and O–H groups in total. The molecule has 6 nitrogen and oxygen atoms in total. The molecule has 1 heterocycles. The van der Waals surface area contributed by atoms with Crippen molar-refractivity contribution in [2.75, 3.05) is 0 Å². The van der Waals surface area contributed by atoms with Crippen LogP contribution in [0.25, 0.3) is 11.0 Å². The van der Waals surface area contributed by atoms with Crippen LogP contribution in [0.1, 0.15) is 26.3 Å². The Kier molecular flexibility index (Phi) is 4.07. The van der Waals surface area contributed by atoms with E-state index >= 15 is 0 Å². The largest absolute Gasteiger partial charge is 0.423 e. The van der Waals surface area contributed by atoms with E-state index in [0.29, 0.717) is 11.8 Å². The first-order valence-electron chi connectivity index (χ1n) is 6.39. The van der Waals surface area contributed by atoms with Crippen molar-refractivity contribution in [3.05, 3.63) is 34.2 Å². The van der Waals surface area contributed by atoms with Crippen molar-refractivity contribution in [3.63, 3.8) is 0 Å². The smallest absolute Gasteiger partial charge is 0.336 e. The number of esters is 2. The van der Waals surface area contributed by atoms with E-state index in [1.807, 2.05) is 6.92 Å². The van der Waals surface area contributed by atoms with E-state index in [-0.39, 0.29) is 17.1 Å². The molecule has 1 aromatic carbocycles. The Morgan fingerprint density at radius 2 is 1.81 bits per heavy atom. The van der Waals surface area contributed by atoms with Crippen LogP contribution in [-0.2, 0) is 16.0 Å². The first-order chi connectivity index (χ1) is 9.92. The molecule has 21 heavy (non-hydrogen) atoms. The molecule has 0 spiro atoms. The molecular weight excluding hydrogens is 276 g/mol. The molecule has 0 bridgehead atoms. The minimum Gasteiger partial charge on any atom is -0.423 e.